The number of halogens is 1. The molecule has 0 unspecified atom stereocenters. The number of nitrogens with zero attached hydrogens (tertiary/aromatic N) is 5. The SMILES string of the molecule is Clc1nc(NCc2ccccc2)c2ncn(-c3cccnc3)c2n1. The first-order chi connectivity index (χ1) is 11.8. The van der Waals surface area contributed by atoms with Crippen LogP contribution in [0, 0.1) is 0 Å². The Labute approximate surface area is 143 Å². The second-order valence-corrected chi connectivity index (χ2v) is 5.52. The summed E-state index contributed by atoms with van der Waals surface area (Å²) in [5.41, 5.74) is 3.31. The van der Waals surface area contributed by atoms with Gasteiger partial charge in [-0.3, -0.25) is 9.55 Å². The number of anilines is 1. The molecule has 1 aromatic carbocycles. The number of fused-ring (bicyclic) bond motifs is 1. The number of rotatable bonds is 4. The Morgan fingerprint density at radius 3 is 2.71 bits per heavy atom. The maximum absolute atomic E-state index is 6.10. The fourth-order valence-corrected chi connectivity index (χ4v) is 2.63. The molecule has 0 radical (unpaired) electrons. The van der Waals surface area contributed by atoms with Gasteiger partial charge in [-0.05, 0) is 29.3 Å². The van der Waals surface area contributed by atoms with Crippen LogP contribution in [0.3, 0.4) is 0 Å². The molecule has 6 nitrogen and oxygen atoms in total. The number of aromatic nitrogens is 5. The van der Waals surface area contributed by atoms with Crippen molar-refractivity contribution in [3.8, 4) is 5.69 Å². The zero-order valence-corrected chi connectivity index (χ0v) is 13.4. The normalized spacial score (nSPS) is 10.9. The second-order valence-electron chi connectivity index (χ2n) is 5.18. The van der Waals surface area contributed by atoms with Gasteiger partial charge in [-0.1, -0.05) is 30.3 Å². The van der Waals surface area contributed by atoms with E-state index in [1.807, 2.05) is 47.0 Å². The van der Waals surface area contributed by atoms with E-state index in [0.29, 0.717) is 23.5 Å². The van der Waals surface area contributed by atoms with E-state index in [4.69, 9.17) is 11.6 Å². The van der Waals surface area contributed by atoms with E-state index < -0.39 is 0 Å². The molecule has 0 amide bonds. The zero-order chi connectivity index (χ0) is 16.4. The molecule has 0 fully saturated rings. The van der Waals surface area contributed by atoms with Crippen molar-refractivity contribution in [2.75, 3.05) is 5.32 Å². The van der Waals surface area contributed by atoms with Crippen LogP contribution >= 0.6 is 11.6 Å². The lowest BCUT2D eigenvalue weighted by Crippen LogP contribution is -2.04. The van der Waals surface area contributed by atoms with Gasteiger partial charge in [0.2, 0.25) is 5.28 Å². The number of hydrogen-bond acceptors (Lipinski definition) is 5. The van der Waals surface area contributed by atoms with Crippen LogP contribution in [-0.2, 0) is 6.54 Å². The molecule has 0 saturated heterocycles. The lowest BCUT2D eigenvalue weighted by Gasteiger charge is -2.07. The summed E-state index contributed by atoms with van der Waals surface area (Å²) in [5.74, 6) is 0.608. The van der Waals surface area contributed by atoms with E-state index in [-0.39, 0.29) is 5.28 Å². The molecule has 4 aromatic rings. The lowest BCUT2D eigenvalue weighted by molar-refractivity contribution is 1.04. The summed E-state index contributed by atoms with van der Waals surface area (Å²) in [7, 11) is 0. The Morgan fingerprint density at radius 1 is 1.04 bits per heavy atom. The van der Waals surface area contributed by atoms with E-state index >= 15 is 0 Å². The molecular weight excluding hydrogens is 324 g/mol. The molecule has 3 heterocycles. The minimum absolute atomic E-state index is 0.170. The lowest BCUT2D eigenvalue weighted by atomic mass is 10.2. The Balaban J connectivity index is 1.73. The minimum Gasteiger partial charge on any atom is -0.364 e. The molecule has 0 aliphatic heterocycles. The molecule has 24 heavy (non-hydrogen) atoms. The quantitative estimate of drug-likeness (QED) is 0.578. The van der Waals surface area contributed by atoms with Crippen molar-refractivity contribution in [3.63, 3.8) is 0 Å². The molecular formula is C17H13ClN6. The molecule has 4 rings (SSSR count). The van der Waals surface area contributed by atoms with Gasteiger partial charge in [0.1, 0.15) is 6.33 Å². The molecule has 7 heteroatoms. The fourth-order valence-electron chi connectivity index (χ4n) is 2.46. The van der Waals surface area contributed by atoms with E-state index in [9.17, 15) is 0 Å². The standard InChI is InChI=1S/C17H13ClN6/c18-17-22-15(20-9-12-5-2-1-3-6-12)14-16(23-17)24(11-21-14)13-7-4-8-19-10-13/h1-8,10-11H,9H2,(H,20,22,23). The Bertz CT molecular complexity index is 968. The maximum atomic E-state index is 6.10. The summed E-state index contributed by atoms with van der Waals surface area (Å²) in [5, 5.41) is 3.45. The van der Waals surface area contributed by atoms with Crippen LogP contribution in [0.2, 0.25) is 5.28 Å². The van der Waals surface area contributed by atoms with Gasteiger partial charge in [0.05, 0.1) is 11.9 Å². The van der Waals surface area contributed by atoms with E-state index in [1.54, 1.807) is 18.7 Å². The first kappa shape index (κ1) is 14.6. The van der Waals surface area contributed by atoms with Crippen LogP contribution in [0.25, 0.3) is 16.9 Å². The molecule has 3 aromatic heterocycles. The van der Waals surface area contributed by atoms with Crippen molar-refractivity contribution >= 4 is 28.6 Å². The molecule has 0 atom stereocenters. The summed E-state index contributed by atoms with van der Waals surface area (Å²) in [4.78, 5) is 17.2. The average Bonchev–Trinajstić information content (AvgIpc) is 3.05. The van der Waals surface area contributed by atoms with E-state index in [0.717, 1.165) is 11.3 Å². The largest absolute Gasteiger partial charge is 0.364 e. The third-order valence-corrected chi connectivity index (χ3v) is 3.76. The summed E-state index contributed by atoms with van der Waals surface area (Å²) in [6.07, 6.45) is 5.16. The topological polar surface area (TPSA) is 68.5 Å². The van der Waals surface area contributed by atoms with Gasteiger partial charge in [0.15, 0.2) is 17.0 Å². The van der Waals surface area contributed by atoms with Gasteiger partial charge in [0, 0.05) is 12.7 Å². The van der Waals surface area contributed by atoms with Gasteiger partial charge < -0.3 is 5.32 Å². The van der Waals surface area contributed by atoms with Gasteiger partial charge in [-0.2, -0.15) is 9.97 Å². The molecule has 0 aliphatic carbocycles. The molecule has 1 N–H and O–H groups in total. The maximum Gasteiger partial charge on any atom is 0.226 e. The van der Waals surface area contributed by atoms with Crippen LogP contribution in [-0.4, -0.2) is 24.5 Å². The van der Waals surface area contributed by atoms with Crippen molar-refractivity contribution < 1.29 is 0 Å². The van der Waals surface area contributed by atoms with Crippen molar-refractivity contribution in [3.05, 3.63) is 72.0 Å². The Hall–Kier alpha value is -2.99. The van der Waals surface area contributed by atoms with Crippen molar-refractivity contribution in [1.82, 2.24) is 24.5 Å². The summed E-state index contributed by atoms with van der Waals surface area (Å²) in [6, 6.07) is 13.9. The highest BCUT2D eigenvalue weighted by atomic mass is 35.5. The number of nitrogens with one attached hydrogen (secondary N) is 1. The fraction of sp³-hybridized carbons (Fsp3) is 0.0588. The molecule has 0 saturated carbocycles. The first-order valence-electron chi connectivity index (χ1n) is 7.40. The highest BCUT2D eigenvalue weighted by Crippen LogP contribution is 2.23. The summed E-state index contributed by atoms with van der Waals surface area (Å²) < 4.78 is 1.84. The minimum atomic E-state index is 0.170. The van der Waals surface area contributed by atoms with Crippen LogP contribution in [0.15, 0.2) is 61.2 Å². The number of hydrogen-bond donors (Lipinski definition) is 1. The second kappa shape index (κ2) is 6.25. The molecule has 118 valence electrons. The van der Waals surface area contributed by atoms with E-state index in [2.05, 4.69) is 25.3 Å². The number of benzene rings is 1. The predicted octanol–water partition coefficient (Wildman–Crippen LogP) is 3.48. The molecule has 0 aliphatic rings. The van der Waals surface area contributed by atoms with Gasteiger partial charge in [-0.15, -0.1) is 0 Å². The van der Waals surface area contributed by atoms with Gasteiger partial charge in [-0.25, -0.2) is 4.98 Å². The monoisotopic (exact) mass is 336 g/mol. The summed E-state index contributed by atoms with van der Waals surface area (Å²) >= 11 is 6.10. The van der Waals surface area contributed by atoms with E-state index in [1.165, 1.54) is 0 Å². The first-order valence-corrected chi connectivity index (χ1v) is 7.78. The Kier molecular flexibility index (Phi) is 3.80. The number of pyridine rings is 1. The highest BCUT2D eigenvalue weighted by Gasteiger charge is 2.13. The third kappa shape index (κ3) is 2.79. The van der Waals surface area contributed by atoms with Crippen molar-refractivity contribution in [2.45, 2.75) is 6.54 Å². The van der Waals surface area contributed by atoms with Crippen LogP contribution in [0.4, 0.5) is 5.82 Å². The molecule has 0 bridgehead atoms. The van der Waals surface area contributed by atoms with Crippen molar-refractivity contribution in [2.24, 2.45) is 0 Å². The number of imidazole rings is 1. The van der Waals surface area contributed by atoms with Crippen molar-refractivity contribution in [1.29, 1.82) is 0 Å². The highest BCUT2D eigenvalue weighted by molar-refractivity contribution is 6.28. The third-order valence-electron chi connectivity index (χ3n) is 3.60. The summed E-state index contributed by atoms with van der Waals surface area (Å²) in [6.45, 7) is 0.628. The predicted molar refractivity (Wildman–Crippen MR) is 93.2 cm³/mol. The van der Waals surface area contributed by atoms with Crippen LogP contribution in [0.1, 0.15) is 5.56 Å². The van der Waals surface area contributed by atoms with Gasteiger partial charge >= 0.3 is 0 Å². The smallest absolute Gasteiger partial charge is 0.226 e. The van der Waals surface area contributed by atoms with Crippen LogP contribution < -0.4 is 5.32 Å². The molecule has 0 spiro atoms. The zero-order valence-electron chi connectivity index (χ0n) is 12.6. The average molecular weight is 337 g/mol. The Morgan fingerprint density at radius 2 is 1.92 bits per heavy atom. The van der Waals surface area contributed by atoms with Crippen LogP contribution in [0.5, 0.6) is 0 Å². The van der Waals surface area contributed by atoms with Gasteiger partial charge in [0.25, 0.3) is 0 Å².